The van der Waals surface area contributed by atoms with E-state index >= 15 is 0 Å². The van der Waals surface area contributed by atoms with Gasteiger partial charge in [-0.2, -0.15) is 0 Å². The molecule has 4 heteroatoms. The van der Waals surface area contributed by atoms with Gasteiger partial charge >= 0.3 is 0 Å². The van der Waals surface area contributed by atoms with Crippen LogP contribution < -0.4 is 0 Å². The van der Waals surface area contributed by atoms with Crippen molar-refractivity contribution in [3.63, 3.8) is 0 Å². The van der Waals surface area contributed by atoms with Crippen molar-refractivity contribution in [3.05, 3.63) is 21.4 Å². The first-order chi connectivity index (χ1) is 8.50. The lowest BCUT2D eigenvalue weighted by atomic mass is 9.91. The highest BCUT2D eigenvalue weighted by Crippen LogP contribution is 2.26. The topological polar surface area (TPSA) is 40.5 Å². The number of hydrogen-bond donors (Lipinski definition) is 1. The molecule has 2 atom stereocenters. The highest BCUT2D eigenvalue weighted by molar-refractivity contribution is 7.12. The zero-order valence-electron chi connectivity index (χ0n) is 11.3. The molecule has 1 aromatic rings. The largest absolute Gasteiger partial charge is 0.391 e. The summed E-state index contributed by atoms with van der Waals surface area (Å²) in [5.74, 6) is 0.0443. The van der Waals surface area contributed by atoms with Crippen LogP contribution in [-0.2, 0) is 0 Å². The minimum absolute atomic E-state index is 0.0224. The lowest BCUT2D eigenvalue weighted by molar-refractivity contribution is 0.0268. The Morgan fingerprint density at radius 1 is 1.39 bits per heavy atom. The average molecular weight is 267 g/mol. The Kier molecular flexibility index (Phi) is 4.07. The Bertz CT molecular complexity index is 441. The fourth-order valence-electron chi connectivity index (χ4n) is 2.73. The average Bonchev–Trinajstić information content (AvgIpc) is 2.67. The molecule has 1 saturated carbocycles. The number of aliphatic hydroxyl groups is 1. The summed E-state index contributed by atoms with van der Waals surface area (Å²) in [6.07, 6.45) is 3.51. The Balaban J connectivity index is 2.15. The second-order valence-corrected chi connectivity index (χ2v) is 6.62. The third-order valence-electron chi connectivity index (χ3n) is 3.78. The molecule has 1 aliphatic rings. The quantitative estimate of drug-likeness (QED) is 0.895. The maximum absolute atomic E-state index is 12.4. The minimum Gasteiger partial charge on any atom is -0.391 e. The van der Waals surface area contributed by atoms with E-state index in [1.54, 1.807) is 16.2 Å². The van der Waals surface area contributed by atoms with Gasteiger partial charge in [-0.1, -0.05) is 12.8 Å². The van der Waals surface area contributed by atoms with Crippen LogP contribution >= 0.6 is 11.3 Å². The second kappa shape index (κ2) is 5.41. The van der Waals surface area contributed by atoms with Crippen molar-refractivity contribution in [2.75, 3.05) is 7.05 Å². The van der Waals surface area contributed by atoms with Gasteiger partial charge < -0.3 is 10.0 Å². The van der Waals surface area contributed by atoms with E-state index in [2.05, 4.69) is 0 Å². The normalized spacial score (nSPS) is 24.0. The molecule has 2 rings (SSSR count). The van der Waals surface area contributed by atoms with E-state index in [-0.39, 0.29) is 18.1 Å². The summed E-state index contributed by atoms with van der Waals surface area (Å²) in [4.78, 5) is 16.4. The fourth-order valence-corrected chi connectivity index (χ4v) is 3.64. The summed E-state index contributed by atoms with van der Waals surface area (Å²) in [5, 5.41) is 10.0. The third-order valence-corrected chi connectivity index (χ3v) is 4.75. The first kappa shape index (κ1) is 13.6. The summed E-state index contributed by atoms with van der Waals surface area (Å²) < 4.78 is 0. The molecule has 1 fully saturated rings. The van der Waals surface area contributed by atoms with E-state index in [0.29, 0.717) is 0 Å². The van der Waals surface area contributed by atoms with Gasteiger partial charge in [0, 0.05) is 16.8 Å². The van der Waals surface area contributed by atoms with Crippen LogP contribution in [0.5, 0.6) is 0 Å². The van der Waals surface area contributed by atoms with Crippen LogP contribution in [0.25, 0.3) is 0 Å². The molecule has 1 amide bonds. The van der Waals surface area contributed by atoms with Gasteiger partial charge in [-0.05, 0) is 32.8 Å². The first-order valence-electron chi connectivity index (χ1n) is 6.53. The molecule has 3 nitrogen and oxygen atoms in total. The van der Waals surface area contributed by atoms with Crippen molar-refractivity contribution in [3.8, 4) is 0 Å². The lowest BCUT2D eigenvalue weighted by Gasteiger charge is -2.35. The molecule has 0 radical (unpaired) electrons. The Hall–Kier alpha value is -0.870. The van der Waals surface area contributed by atoms with Crippen molar-refractivity contribution in [2.24, 2.45) is 0 Å². The smallest absolute Gasteiger partial charge is 0.255 e. The van der Waals surface area contributed by atoms with Gasteiger partial charge in [0.2, 0.25) is 0 Å². The maximum Gasteiger partial charge on any atom is 0.255 e. The van der Waals surface area contributed by atoms with Crippen LogP contribution in [0.2, 0.25) is 0 Å². The number of thiophene rings is 1. The summed E-state index contributed by atoms with van der Waals surface area (Å²) in [6.45, 7) is 4.00. The predicted octanol–water partition coefficient (Wildman–Crippen LogP) is 2.74. The molecular formula is C14H21NO2S. The van der Waals surface area contributed by atoms with Crippen molar-refractivity contribution >= 4 is 17.2 Å². The Labute approximate surface area is 112 Å². The molecule has 0 spiro atoms. The first-order valence-corrected chi connectivity index (χ1v) is 7.34. The number of likely N-dealkylation sites (N-methyl/N-ethyl adjacent to an activating group) is 1. The molecule has 0 aromatic carbocycles. The summed E-state index contributed by atoms with van der Waals surface area (Å²) in [5.41, 5.74) is 0.790. The molecule has 1 aliphatic carbocycles. The maximum atomic E-state index is 12.4. The molecule has 0 saturated heterocycles. The highest BCUT2D eigenvalue weighted by Gasteiger charge is 2.30. The molecule has 18 heavy (non-hydrogen) atoms. The molecule has 0 bridgehead atoms. The van der Waals surface area contributed by atoms with Gasteiger partial charge in [-0.15, -0.1) is 11.3 Å². The van der Waals surface area contributed by atoms with Crippen LogP contribution in [0.4, 0.5) is 0 Å². The molecule has 1 aromatic heterocycles. The molecule has 1 N–H and O–H groups in total. The lowest BCUT2D eigenvalue weighted by Crippen LogP contribution is -2.46. The van der Waals surface area contributed by atoms with Crippen molar-refractivity contribution in [1.82, 2.24) is 4.90 Å². The van der Waals surface area contributed by atoms with Crippen LogP contribution in [0.1, 0.15) is 45.8 Å². The standard InChI is InChI=1S/C14H21NO2S/c1-9-8-11(10(2)18-9)14(17)15(3)12-6-4-5-7-13(12)16/h8,12-13,16H,4-7H2,1-3H3. The number of rotatable bonds is 2. The zero-order chi connectivity index (χ0) is 13.3. The van der Waals surface area contributed by atoms with Crippen LogP contribution in [-0.4, -0.2) is 35.1 Å². The number of carbonyl (C=O) groups is 1. The number of amides is 1. The minimum atomic E-state index is -0.368. The van der Waals surface area contributed by atoms with Gasteiger partial charge in [0.15, 0.2) is 0 Å². The van der Waals surface area contributed by atoms with Crippen molar-refractivity contribution in [2.45, 2.75) is 51.7 Å². The van der Waals surface area contributed by atoms with Crippen molar-refractivity contribution in [1.29, 1.82) is 0 Å². The van der Waals surface area contributed by atoms with Crippen LogP contribution in [0, 0.1) is 13.8 Å². The molecule has 0 aliphatic heterocycles. The summed E-state index contributed by atoms with van der Waals surface area (Å²) in [6, 6.07) is 1.93. The fraction of sp³-hybridized carbons (Fsp3) is 0.643. The molecule has 100 valence electrons. The van der Waals surface area contributed by atoms with E-state index in [1.807, 2.05) is 27.0 Å². The summed E-state index contributed by atoms with van der Waals surface area (Å²) in [7, 11) is 1.81. The molecule has 1 heterocycles. The van der Waals surface area contributed by atoms with Gasteiger partial charge in [-0.25, -0.2) is 0 Å². The van der Waals surface area contributed by atoms with E-state index in [0.717, 1.165) is 41.0 Å². The van der Waals surface area contributed by atoms with E-state index < -0.39 is 0 Å². The number of aliphatic hydroxyl groups excluding tert-OH is 1. The SMILES string of the molecule is Cc1cc(C(=O)N(C)C2CCCCC2O)c(C)s1. The monoisotopic (exact) mass is 267 g/mol. The second-order valence-electron chi connectivity index (χ2n) is 5.16. The molecule has 2 unspecified atom stereocenters. The number of carbonyl (C=O) groups excluding carboxylic acids is 1. The van der Waals surface area contributed by atoms with E-state index in [4.69, 9.17) is 0 Å². The number of nitrogens with zero attached hydrogens (tertiary/aromatic N) is 1. The third kappa shape index (κ3) is 2.59. The Morgan fingerprint density at radius 3 is 2.61 bits per heavy atom. The van der Waals surface area contributed by atoms with E-state index in [9.17, 15) is 9.90 Å². The Morgan fingerprint density at radius 2 is 2.06 bits per heavy atom. The highest BCUT2D eigenvalue weighted by atomic mass is 32.1. The van der Waals surface area contributed by atoms with Gasteiger partial charge in [0.05, 0.1) is 17.7 Å². The molecular weight excluding hydrogens is 246 g/mol. The van der Waals surface area contributed by atoms with E-state index in [1.165, 1.54) is 0 Å². The number of hydrogen-bond acceptors (Lipinski definition) is 3. The summed E-state index contributed by atoms with van der Waals surface area (Å²) >= 11 is 1.65. The van der Waals surface area contributed by atoms with Gasteiger partial charge in [0.1, 0.15) is 0 Å². The predicted molar refractivity (Wildman–Crippen MR) is 74.1 cm³/mol. The van der Waals surface area contributed by atoms with Gasteiger partial charge in [0.25, 0.3) is 5.91 Å². The van der Waals surface area contributed by atoms with Crippen LogP contribution in [0.15, 0.2) is 6.07 Å². The van der Waals surface area contributed by atoms with Crippen molar-refractivity contribution < 1.29 is 9.90 Å². The number of aryl methyl sites for hydroxylation is 2. The van der Waals surface area contributed by atoms with Crippen LogP contribution in [0.3, 0.4) is 0 Å². The zero-order valence-corrected chi connectivity index (χ0v) is 12.1. The van der Waals surface area contributed by atoms with Gasteiger partial charge in [-0.3, -0.25) is 4.79 Å².